The molecule has 0 amide bonds. The lowest BCUT2D eigenvalue weighted by atomic mass is 10.2. The lowest BCUT2D eigenvalue weighted by molar-refractivity contribution is 0.739. The predicted molar refractivity (Wildman–Crippen MR) is 76.1 cm³/mol. The van der Waals surface area contributed by atoms with Crippen LogP contribution in [0.4, 0.5) is 5.69 Å². The summed E-state index contributed by atoms with van der Waals surface area (Å²) in [5, 5.41) is 6.92. The van der Waals surface area contributed by atoms with E-state index in [1.807, 2.05) is 12.1 Å². The summed E-state index contributed by atoms with van der Waals surface area (Å²) in [5.74, 6) is 0. The molecule has 4 heteroatoms. The monoisotopic (exact) mass is 242 g/mol. The van der Waals surface area contributed by atoms with Crippen LogP contribution >= 0.6 is 25.7 Å². The minimum Gasteiger partial charge on any atom is -0.360 e. The fraction of sp³-hybridized carbons (Fsp3) is 0.364. The second-order valence-electron chi connectivity index (χ2n) is 3.62. The summed E-state index contributed by atoms with van der Waals surface area (Å²) in [4.78, 5) is 0. The van der Waals surface area contributed by atoms with Crippen LogP contribution in [0.5, 0.6) is 0 Å². The molecule has 2 N–H and O–H groups in total. The van der Waals surface area contributed by atoms with E-state index in [0.29, 0.717) is 11.2 Å². The number of anilines is 1. The molecule has 1 aromatic carbocycles. The van der Waals surface area contributed by atoms with Crippen LogP contribution in [-0.4, -0.2) is 11.2 Å². The smallest absolute Gasteiger partial charge is 0.170 e. The molecule has 0 bridgehead atoms. The summed E-state index contributed by atoms with van der Waals surface area (Å²) in [7, 11) is 0. The maximum absolute atomic E-state index is 5.12. The van der Waals surface area contributed by atoms with Gasteiger partial charge in [0.15, 0.2) is 5.11 Å². The highest BCUT2D eigenvalue weighted by molar-refractivity contribution is 7.80. The van der Waals surface area contributed by atoms with E-state index in [4.69, 9.17) is 12.2 Å². The van der Waals surface area contributed by atoms with E-state index >= 15 is 0 Å². The number of aryl methyl sites for hydroxylation is 1. The maximum Gasteiger partial charge on any atom is 0.170 e. The Bertz CT molecular complexity index is 307. The Hall–Kier alpha value is -0.740. The molecule has 0 saturated heterocycles. The van der Waals surface area contributed by atoms with Gasteiger partial charge in [-0.05, 0) is 45.1 Å². The lowest BCUT2D eigenvalue weighted by Crippen LogP contribution is -2.33. The molecule has 0 fully saturated rings. The number of nitrogens with one attached hydrogen (secondary N) is 2. The van der Waals surface area contributed by atoms with E-state index < -0.39 is 0 Å². The molecule has 0 heterocycles. The minimum absolute atomic E-state index is 0. The first-order chi connectivity index (χ1) is 6.58. The Labute approximate surface area is 104 Å². The highest BCUT2D eigenvalue weighted by atomic mass is 32.1. The second-order valence-corrected chi connectivity index (χ2v) is 4.03. The molecule has 0 spiro atoms. The van der Waals surface area contributed by atoms with Crippen LogP contribution in [0.25, 0.3) is 0 Å². The molecule has 84 valence electrons. The molecule has 1 rings (SSSR count). The zero-order chi connectivity index (χ0) is 10.6. The highest BCUT2D eigenvalue weighted by Crippen LogP contribution is 2.08. The van der Waals surface area contributed by atoms with Crippen molar-refractivity contribution >= 4 is 36.5 Å². The second kappa shape index (κ2) is 6.69. The maximum atomic E-state index is 5.12. The summed E-state index contributed by atoms with van der Waals surface area (Å²) < 4.78 is 0. The molecule has 0 aliphatic carbocycles. The van der Waals surface area contributed by atoms with E-state index in [1.165, 1.54) is 5.56 Å². The van der Waals surface area contributed by atoms with Crippen molar-refractivity contribution in [3.8, 4) is 0 Å². The van der Waals surface area contributed by atoms with Gasteiger partial charge >= 0.3 is 0 Å². The molecule has 0 unspecified atom stereocenters. The molecule has 0 aromatic heterocycles. The number of rotatable bonds is 2. The zero-order valence-electron chi connectivity index (χ0n) is 9.29. The average molecular weight is 242 g/mol. The van der Waals surface area contributed by atoms with E-state index in [-0.39, 0.29) is 13.5 Å². The van der Waals surface area contributed by atoms with Gasteiger partial charge in [0.25, 0.3) is 0 Å². The first-order valence-corrected chi connectivity index (χ1v) is 5.13. The largest absolute Gasteiger partial charge is 0.360 e. The van der Waals surface area contributed by atoms with Crippen LogP contribution in [0.3, 0.4) is 0 Å². The van der Waals surface area contributed by atoms with Crippen LogP contribution in [0, 0.1) is 6.92 Å². The van der Waals surface area contributed by atoms with Crippen LogP contribution in [0.15, 0.2) is 24.3 Å². The SMILES string of the molecule is Cc1ccc(NC(=S)NC(C)C)cc1.S. The van der Waals surface area contributed by atoms with Crippen molar-refractivity contribution in [2.75, 3.05) is 5.32 Å². The minimum atomic E-state index is 0. The number of hydrogen-bond donors (Lipinski definition) is 2. The summed E-state index contributed by atoms with van der Waals surface area (Å²) in [6, 6.07) is 8.51. The fourth-order valence-electron chi connectivity index (χ4n) is 1.07. The summed E-state index contributed by atoms with van der Waals surface area (Å²) >= 11 is 5.12. The molecule has 0 aliphatic heterocycles. The normalized spacial score (nSPS) is 9.33. The first kappa shape index (κ1) is 14.3. The Morgan fingerprint density at radius 2 is 1.73 bits per heavy atom. The van der Waals surface area contributed by atoms with E-state index in [1.54, 1.807) is 0 Å². The fourth-order valence-corrected chi connectivity index (χ4v) is 1.42. The topological polar surface area (TPSA) is 24.1 Å². The number of benzene rings is 1. The van der Waals surface area contributed by atoms with Gasteiger partial charge in [0, 0.05) is 11.7 Å². The molecule has 0 radical (unpaired) electrons. The highest BCUT2D eigenvalue weighted by Gasteiger charge is 1.98. The third-order valence-corrected chi connectivity index (χ3v) is 1.95. The van der Waals surface area contributed by atoms with E-state index in [2.05, 4.69) is 43.5 Å². The van der Waals surface area contributed by atoms with Crippen molar-refractivity contribution in [3.63, 3.8) is 0 Å². The molecule has 0 aliphatic rings. The van der Waals surface area contributed by atoms with Gasteiger partial charge in [0.1, 0.15) is 0 Å². The van der Waals surface area contributed by atoms with Gasteiger partial charge in [-0.3, -0.25) is 0 Å². The quantitative estimate of drug-likeness (QED) is 0.780. The number of hydrogen-bond acceptors (Lipinski definition) is 1. The average Bonchev–Trinajstić information content (AvgIpc) is 2.07. The van der Waals surface area contributed by atoms with Gasteiger partial charge in [-0.25, -0.2) is 0 Å². The van der Waals surface area contributed by atoms with E-state index in [9.17, 15) is 0 Å². The summed E-state index contributed by atoms with van der Waals surface area (Å²) in [5.41, 5.74) is 2.27. The standard InChI is InChI=1S/C11H16N2S.H2S/c1-8(2)12-11(14)13-10-6-4-9(3)5-7-10;/h4-8H,1-3H3,(H2,12,13,14);1H2. The molecule has 1 aromatic rings. The van der Waals surface area contributed by atoms with E-state index in [0.717, 1.165) is 5.69 Å². The molecular formula is C11H18N2S2. The van der Waals surface area contributed by atoms with Crippen molar-refractivity contribution in [3.05, 3.63) is 29.8 Å². The van der Waals surface area contributed by atoms with Crippen molar-refractivity contribution in [2.24, 2.45) is 0 Å². The Kier molecular flexibility index (Phi) is 6.36. The van der Waals surface area contributed by atoms with Gasteiger partial charge in [0.2, 0.25) is 0 Å². The van der Waals surface area contributed by atoms with Gasteiger partial charge in [-0.2, -0.15) is 13.5 Å². The third kappa shape index (κ3) is 5.64. The van der Waals surface area contributed by atoms with Crippen molar-refractivity contribution in [1.82, 2.24) is 5.32 Å². The predicted octanol–water partition coefficient (Wildman–Crippen LogP) is 2.80. The first-order valence-electron chi connectivity index (χ1n) is 4.72. The van der Waals surface area contributed by atoms with Crippen molar-refractivity contribution in [1.29, 1.82) is 0 Å². The zero-order valence-corrected chi connectivity index (χ0v) is 11.1. The van der Waals surface area contributed by atoms with Gasteiger partial charge < -0.3 is 10.6 Å². The number of thiocarbonyl (C=S) groups is 1. The Morgan fingerprint density at radius 1 is 1.20 bits per heavy atom. The Balaban J connectivity index is 0.00000196. The summed E-state index contributed by atoms with van der Waals surface area (Å²) in [6.07, 6.45) is 0. The Morgan fingerprint density at radius 3 is 2.20 bits per heavy atom. The van der Waals surface area contributed by atoms with Crippen molar-refractivity contribution < 1.29 is 0 Å². The van der Waals surface area contributed by atoms with Gasteiger partial charge in [0.05, 0.1) is 0 Å². The van der Waals surface area contributed by atoms with Crippen LogP contribution in [0.1, 0.15) is 19.4 Å². The third-order valence-electron chi connectivity index (χ3n) is 1.73. The molecular weight excluding hydrogens is 224 g/mol. The van der Waals surface area contributed by atoms with Gasteiger partial charge in [-0.15, -0.1) is 0 Å². The van der Waals surface area contributed by atoms with Crippen LogP contribution < -0.4 is 10.6 Å². The van der Waals surface area contributed by atoms with Crippen molar-refractivity contribution in [2.45, 2.75) is 26.8 Å². The molecule has 0 saturated carbocycles. The molecule has 2 nitrogen and oxygen atoms in total. The lowest BCUT2D eigenvalue weighted by Gasteiger charge is -2.12. The van der Waals surface area contributed by atoms with Crippen LogP contribution in [-0.2, 0) is 0 Å². The molecule has 15 heavy (non-hydrogen) atoms. The van der Waals surface area contributed by atoms with Crippen LogP contribution in [0.2, 0.25) is 0 Å². The molecule has 0 atom stereocenters. The summed E-state index contributed by atoms with van der Waals surface area (Å²) in [6.45, 7) is 6.18. The van der Waals surface area contributed by atoms with Gasteiger partial charge in [-0.1, -0.05) is 17.7 Å².